The second-order valence-electron chi connectivity index (χ2n) is 6.97. The number of hydrogen-bond acceptors (Lipinski definition) is 3. The minimum Gasteiger partial charge on any atom is -0.493 e. The van der Waals surface area contributed by atoms with Gasteiger partial charge in [0, 0.05) is 6.92 Å². The van der Waals surface area contributed by atoms with Gasteiger partial charge in [-0.05, 0) is 82.6 Å². The van der Waals surface area contributed by atoms with Crippen LogP contribution in [0.3, 0.4) is 0 Å². The van der Waals surface area contributed by atoms with E-state index in [4.69, 9.17) is 9.47 Å². The summed E-state index contributed by atoms with van der Waals surface area (Å²) in [4.78, 5) is 11.2. The third kappa shape index (κ3) is 6.38. The van der Waals surface area contributed by atoms with E-state index in [1.165, 1.54) is 18.9 Å². The summed E-state index contributed by atoms with van der Waals surface area (Å²) < 4.78 is 11.3. The van der Waals surface area contributed by atoms with E-state index >= 15 is 0 Å². The molecule has 0 aliphatic rings. The molecule has 0 radical (unpaired) electrons. The largest absolute Gasteiger partial charge is 0.493 e. The molecule has 0 aromatic heterocycles. The van der Waals surface area contributed by atoms with Crippen molar-refractivity contribution < 1.29 is 14.3 Å². The van der Waals surface area contributed by atoms with Crippen LogP contribution in [0.1, 0.15) is 63.6 Å². The first-order chi connectivity index (χ1) is 11.2. The lowest BCUT2D eigenvalue weighted by Gasteiger charge is -2.17. The van der Waals surface area contributed by atoms with Crippen LogP contribution in [0, 0.1) is 26.7 Å². The van der Waals surface area contributed by atoms with Crippen molar-refractivity contribution >= 4 is 5.97 Å². The molecule has 1 rings (SSSR count). The molecule has 0 spiro atoms. The highest BCUT2D eigenvalue weighted by Gasteiger charge is 2.14. The Morgan fingerprint density at radius 3 is 2.38 bits per heavy atom. The summed E-state index contributed by atoms with van der Waals surface area (Å²) >= 11 is 0. The van der Waals surface area contributed by atoms with E-state index in [1.807, 2.05) is 26.8 Å². The number of carbonyl (C=O) groups excluding carboxylic acids is 1. The molecular formula is C21H32O3. The third-order valence-corrected chi connectivity index (χ3v) is 4.30. The molecule has 0 saturated carbocycles. The maximum absolute atomic E-state index is 11.2. The Morgan fingerprint density at radius 1 is 1.12 bits per heavy atom. The molecule has 0 saturated heterocycles. The van der Waals surface area contributed by atoms with Gasteiger partial charge in [-0.15, -0.1) is 0 Å². The monoisotopic (exact) mass is 332 g/mol. The lowest BCUT2D eigenvalue weighted by Crippen LogP contribution is -2.08. The molecule has 134 valence electrons. The molecule has 3 heteroatoms. The van der Waals surface area contributed by atoms with Crippen molar-refractivity contribution in [2.45, 2.75) is 67.7 Å². The minimum absolute atomic E-state index is 0.292. The zero-order chi connectivity index (χ0) is 18.3. The van der Waals surface area contributed by atoms with Crippen LogP contribution in [0.5, 0.6) is 11.5 Å². The standard InChI is InChI=1S/C21H32O3/c1-14(2)9-8-10-15(3)11-12-23-20-13-16(4)21(24-19(7)22)18(6)17(20)5/h9,13,15H,8,10-12H2,1-7H3. The van der Waals surface area contributed by atoms with E-state index in [-0.39, 0.29) is 5.97 Å². The van der Waals surface area contributed by atoms with Gasteiger partial charge in [0.25, 0.3) is 0 Å². The fourth-order valence-electron chi connectivity index (χ4n) is 2.64. The minimum atomic E-state index is -0.292. The Kier molecular flexibility index (Phi) is 8.03. The number of aryl methyl sites for hydroxylation is 1. The van der Waals surface area contributed by atoms with E-state index in [1.54, 1.807) is 0 Å². The molecule has 0 aliphatic carbocycles. The van der Waals surface area contributed by atoms with Crippen LogP contribution >= 0.6 is 0 Å². The second-order valence-corrected chi connectivity index (χ2v) is 6.97. The Balaban J connectivity index is 2.63. The number of benzene rings is 1. The average molecular weight is 332 g/mol. The van der Waals surface area contributed by atoms with Gasteiger partial charge >= 0.3 is 5.97 Å². The Morgan fingerprint density at radius 2 is 1.79 bits per heavy atom. The second kappa shape index (κ2) is 9.51. The number of carbonyl (C=O) groups is 1. The molecular weight excluding hydrogens is 300 g/mol. The molecule has 1 aromatic rings. The van der Waals surface area contributed by atoms with E-state index < -0.39 is 0 Å². The summed E-state index contributed by atoms with van der Waals surface area (Å²) in [6.07, 6.45) is 5.66. The van der Waals surface area contributed by atoms with Crippen LogP contribution < -0.4 is 9.47 Å². The summed E-state index contributed by atoms with van der Waals surface area (Å²) in [5.74, 6) is 1.89. The number of ether oxygens (including phenoxy) is 2. The molecule has 3 nitrogen and oxygen atoms in total. The highest BCUT2D eigenvalue weighted by molar-refractivity contribution is 5.71. The number of esters is 1. The van der Waals surface area contributed by atoms with Crippen molar-refractivity contribution in [1.82, 2.24) is 0 Å². The molecule has 0 amide bonds. The highest BCUT2D eigenvalue weighted by Crippen LogP contribution is 2.33. The predicted octanol–water partition coefficient (Wildman–Crippen LogP) is 5.69. The average Bonchev–Trinajstić information content (AvgIpc) is 2.48. The Bertz CT molecular complexity index is 596. The van der Waals surface area contributed by atoms with Crippen molar-refractivity contribution in [3.63, 3.8) is 0 Å². The highest BCUT2D eigenvalue weighted by atomic mass is 16.5. The van der Waals surface area contributed by atoms with Gasteiger partial charge in [-0.3, -0.25) is 4.79 Å². The zero-order valence-electron chi connectivity index (χ0n) is 16.3. The van der Waals surface area contributed by atoms with Gasteiger partial charge in [0.15, 0.2) is 0 Å². The van der Waals surface area contributed by atoms with Crippen molar-refractivity contribution in [2.75, 3.05) is 6.61 Å². The van der Waals surface area contributed by atoms with Crippen LogP contribution in [0.25, 0.3) is 0 Å². The molecule has 1 unspecified atom stereocenters. The SMILES string of the molecule is CC(=O)Oc1c(C)cc(OCCC(C)CCC=C(C)C)c(C)c1C. The van der Waals surface area contributed by atoms with Gasteiger partial charge in [0.2, 0.25) is 0 Å². The normalized spacial score (nSPS) is 11.8. The first-order valence-corrected chi connectivity index (χ1v) is 8.77. The first-order valence-electron chi connectivity index (χ1n) is 8.77. The first kappa shape index (κ1) is 20.3. The van der Waals surface area contributed by atoms with Crippen LogP contribution in [0.4, 0.5) is 0 Å². The van der Waals surface area contributed by atoms with Crippen molar-refractivity contribution in [3.05, 3.63) is 34.4 Å². The fraction of sp³-hybridized carbons (Fsp3) is 0.571. The van der Waals surface area contributed by atoms with Gasteiger partial charge in [-0.1, -0.05) is 18.6 Å². The summed E-state index contributed by atoms with van der Waals surface area (Å²) in [6, 6.07) is 1.97. The van der Waals surface area contributed by atoms with E-state index in [0.717, 1.165) is 35.3 Å². The van der Waals surface area contributed by atoms with Gasteiger partial charge in [-0.2, -0.15) is 0 Å². The summed E-state index contributed by atoms with van der Waals surface area (Å²) in [6.45, 7) is 14.6. The fourth-order valence-corrected chi connectivity index (χ4v) is 2.64. The van der Waals surface area contributed by atoms with Gasteiger partial charge in [-0.25, -0.2) is 0 Å². The molecule has 0 fully saturated rings. The molecule has 0 heterocycles. The van der Waals surface area contributed by atoms with E-state index in [9.17, 15) is 4.79 Å². The van der Waals surface area contributed by atoms with Gasteiger partial charge in [0.05, 0.1) is 6.61 Å². The maximum atomic E-state index is 11.2. The molecule has 0 bridgehead atoms. The van der Waals surface area contributed by atoms with Crippen LogP contribution in [-0.2, 0) is 4.79 Å². The number of rotatable bonds is 8. The van der Waals surface area contributed by atoms with Crippen molar-refractivity contribution in [3.8, 4) is 11.5 Å². The van der Waals surface area contributed by atoms with Crippen LogP contribution in [0.2, 0.25) is 0 Å². The molecule has 1 aromatic carbocycles. The summed E-state index contributed by atoms with van der Waals surface area (Å²) in [5.41, 5.74) is 4.32. The molecule has 0 aliphatic heterocycles. The number of allylic oxidation sites excluding steroid dienone is 2. The lowest BCUT2D eigenvalue weighted by atomic mass is 10.0. The van der Waals surface area contributed by atoms with Gasteiger partial charge < -0.3 is 9.47 Å². The van der Waals surface area contributed by atoms with Crippen molar-refractivity contribution in [2.24, 2.45) is 5.92 Å². The topological polar surface area (TPSA) is 35.5 Å². The predicted molar refractivity (Wildman–Crippen MR) is 99.9 cm³/mol. The molecule has 1 atom stereocenters. The van der Waals surface area contributed by atoms with Crippen molar-refractivity contribution in [1.29, 1.82) is 0 Å². The smallest absolute Gasteiger partial charge is 0.308 e. The Hall–Kier alpha value is -1.77. The number of hydrogen-bond donors (Lipinski definition) is 0. The summed E-state index contributed by atoms with van der Waals surface area (Å²) in [5, 5.41) is 0. The summed E-state index contributed by atoms with van der Waals surface area (Å²) in [7, 11) is 0. The third-order valence-electron chi connectivity index (χ3n) is 4.30. The zero-order valence-corrected chi connectivity index (χ0v) is 16.3. The van der Waals surface area contributed by atoms with E-state index in [0.29, 0.717) is 18.3 Å². The Labute approximate surface area is 147 Å². The maximum Gasteiger partial charge on any atom is 0.308 e. The molecule has 0 N–H and O–H groups in total. The van der Waals surface area contributed by atoms with Gasteiger partial charge in [0.1, 0.15) is 11.5 Å². The van der Waals surface area contributed by atoms with Crippen LogP contribution in [-0.4, -0.2) is 12.6 Å². The lowest BCUT2D eigenvalue weighted by molar-refractivity contribution is -0.131. The van der Waals surface area contributed by atoms with Crippen LogP contribution in [0.15, 0.2) is 17.7 Å². The quantitative estimate of drug-likeness (QED) is 0.348. The molecule has 24 heavy (non-hydrogen) atoms. The van der Waals surface area contributed by atoms with E-state index in [2.05, 4.69) is 26.8 Å².